The van der Waals surface area contributed by atoms with Gasteiger partial charge in [0, 0.05) is 33.4 Å². The molecule has 3 rings (SSSR count). The molecule has 6 heteroatoms. The molecule has 2 heterocycles. The molecule has 1 aromatic heterocycles. The molecule has 2 aromatic rings. The molecule has 1 saturated heterocycles. The molecule has 0 bridgehead atoms. The van der Waals surface area contributed by atoms with E-state index in [2.05, 4.69) is 10.3 Å². The summed E-state index contributed by atoms with van der Waals surface area (Å²) in [7, 11) is 3.78. The summed E-state index contributed by atoms with van der Waals surface area (Å²) in [5.41, 5.74) is 1.55. The fraction of sp³-hybridized carbons (Fsp3) is 0.316. The summed E-state index contributed by atoms with van der Waals surface area (Å²) in [5.74, 6) is 0.482. The van der Waals surface area contributed by atoms with E-state index in [0.717, 1.165) is 11.4 Å². The Kier molecular flexibility index (Phi) is 4.97. The second-order valence-electron chi connectivity index (χ2n) is 6.36. The molecule has 0 aliphatic carbocycles. The van der Waals surface area contributed by atoms with Crippen molar-refractivity contribution in [2.75, 3.05) is 25.5 Å². The molecule has 1 aromatic carbocycles. The predicted molar refractivity (Wildman–Crippen MR) is 96.3 cm³/mol. The van der Waals surface area contributed by atoms with Crippen molar-refractivity contribution >= 4 is 17.6 Å². The number of hydrogen-bond donors (Lipinski definition) is 1. The van der Waals surface area contributed by atoms with E-state index in [1.165, 1.54) is 6.20 Å². The molecule has 0 saturated carbocycles. The van der Waals surface area contributed by atoms with Gasteiger partial charge in [-0.3, -0.25) is 9.59 Å². The molecule has 0 radical (unpaired) electrons. The van der Waals surface area contributed by atoms with Crippen LogP contribution in [0.2, 0.25) is 0 Å². The molecular formula is C19H22N4O2. The maximum absolute atomic E-state index is 12.5. The molecule has 25 heavy (non-hydrogen) atoms. The first-order chi connectivity index (χ1) is 12.0. The van der Waals surface area contributed by atoms with Gasteiger partial charge in [0.2, 0.25) is 5.91 Å². The Hall–Kier alpha value is -2.89. The normalized spacial score (nSPS) is 16.8. The lowest BCUT2D eigenvalue weighted by atomic mass is 10.2. The maximum Gasteiger partial charge on any atom is 0.253 e. The summed E-state index contributed by atoms with van der Waals surface area (Å²) in [5, 5.41) is 2.83. The molecule has 1 aliphatic rings. The topological polar surface area (TPSA) is 65.5 Å². The molecule has 2 amide bonds. The van der Waals surface area contributed by atoms with E-state index in [9.17, 15) is 9.59 Å². The highest BCUT2D eigenvalue weighted by atomic mass is 16.2. The quantitative estimate of drug-likeness (QED) is 0.901. The first-order valence-electron chi connectivity index (χ1n) is 8.31. The van der Waals surface area contributed by atoms with E-state index in [0.29, 0.717) is 25.1 Å². The van der Waals surface area contributed by atoms with Gasteiger partial charge in [0.25, 0.3) is 5.91 Å². The van der Waals surface area contributed by atoms with Gasteiger partial charge in [-0.1, -0.05) is 30.3 Å². The number of carbonyl (C=O) groups excluding carboxylic acids is 2. The van der Waals surface area contributed by atoms with Gasteiger partial charge in [-0.2, -0.15) is 0 Å². The minimum atomic E-state index is -0.468. The van der Waals surface area contributed by atoms with Gasteiger partial charge in [0.15, 0.2) is 0 Å². The molecular weight excluding hydrogens is 316 g/mol. The number of benzene rings is 1. The second-order valence-corrected chi connectivity index (χ2v) is 6.36. The first-order valence-corrected chi connectivity index (χ1v) is 8.31. The van der Waals surface area contributed by atoms with Crippen molar-refractivity contribution in [3.05, 3.63) is 59.8 Å². The number of nitrogens with one attached hydrogen (secondary N) is 1. The molecule has 1 unspecified atom stereocenters. The highest BCUT2D eigenvalue weighted by molar-refractivity contribution is 5.97. The smallest absolute Gasteiger partial charge is 0.253 e. The fourth-order valence-corrected chi connectivity index (χ4v) is 2.86. The van der Waals surface area contributed by atoms with Gasteiger partial charge in [-0.15, -0.1) is 0 Å². The minimum Gasteiger partial charge on any atom is -0.363 e. The zero-order valence-corrected chi connectivity index (χ0v) is 14.5. The van der Waals surface area contributed by atoms with Crippen molar-refractivity contribution in [1.82, 2.24) is 15.2 Å². The minimum absolute atomic E-state index is 0.0323. The third-order valence-electron chi connectivity index (χ3n) is 4.29. The monoisotopic (exact) mass is 338 g/mol. The molecule has 1 N–H and O–H groups in total. The average Bonchev–Trinajstić information content (AvgIpc) is 2.96. The van der Waals surface area contributed by atoms with Crippen LogP contribution >= 0.6 is 0 Å². The lowest BCUT2D eigenvalue weighted by Crippen LogP contribution is -2.41. The van der Waals surface area contributed by atoms with E-state index in [4.69, 9.17) is 0 Å². The van der Waals surface area contributed by atoms with Crippen LogP contribution in [0.5, 0.6) is 0 Å². The largest absolute Gasteiger partial charge is 0.363 e. The lowest BCUT2D eigenvalue weighted by Gasteiger charge is -2.17. The summed E-state index contributed by atoms with van der Waals surface area (Å²) in [6, 6.07) is 12.9. The first kappa shape index (κ1) is 17.0. The number of nitrogens with zero attached hydrogens (tertiary/aromatic N) is 3. The van der Waals surface area contributed by atoms with Crippen molar-refractivity contribution in [3.63, 3.8) is 0 Å². The summed E-state index contributed by atoms with van der Waals surface area (Å²) in [6.07, 6.45) is 2.16. The zero-order chi connectivity index (χ0) is 17.8. The summed E-state index contributed by atoms with van der Waals surface area (Å²) < 4.78 is 0. The van der Waals surface area contributed by atoms with Crippen LogP contribution in [-0.2, 0) is 11.3 Å². The van der Waals surface area contributed by atoms with Gasteiger partial charge in [0.05, 0.1) is 5.56 Å². The summed E-state index contributed by atoms with van der Waals surface area (Å²) in [4.78, 5) is 32.7. The summed E-state index contributed by atoms with van der Waals surface area (Å²) in [6.45, 7) is 1.22. The Bertz CT molecular complexity index is 744. The van der Waals surface area contributed by atoms with E-state index in [-0.39, 0.29) is 11.8 Å². The number of likely N-dealkylation sites (tertiary alicyclic amines) is 1. The number of carbonyl (C=O) groups is 2. The maximum atomic E-state index is 12.5. The van der Waals surface area contributed by atoms with Crippen molar-refractivity contribution < 1.29 is 9.59 Å². The van der Waals surface area contributed by atoms with Crippen LogP contribution in [-0.4, -0.2) is 48.4 Å². The van der Waals surface area contributed by atoms with Crippen LogP contribution in [0.25, 0.3) is 0 Å². The number of anilines is 1. The Morgan fingerprint density at radius 3 is 2.64 bits per heavy atom. The molecule has 1 fully saturated rings. The number of amides is 2. The van der Waals surface area contributed by atoms with Crippen molar-refractivity contribution in [2.45, 2.75) is 19.0 Å². The predicted octanol–water partition coefficient (Wildman–Crippen LogP) is 1.68. The Morgan fingerprint density at radius 2 is 2.00 bits per heavy atom. The molecule has 6 nitrogen and oxygen atoms in total. The molecule has 1 atom stereocenters. The number of aromatic nitrogens is 1. The van der Waals surface area contributed by atoms with Gasteiger partial charge >= 0.3 is 0 Å². The Balaban J connectivity index is 1.59. The molecule has 0 spiro atoms. The van der Waals surface area contributed by atoms with Gasteiger partial charge in [-0.05, 0) is 24.1 Å². The van der Waals surface area contributed by atoms with Crippen molar-refractivity contribution in [2.24, 2.45) is 0 Å². The van der Waals surface area contributed by atoms with Gasteiger partial charge in [-0.25, -0.2) is 4.98 Å². The molecule has 130 valence electrons. The highest BCUT2D eigenvalue weighted by Crippen LogP contribution is 2.16. The fourth-order valence-electron chi connectivity index (χ4n) is 2.86. The Labute approximate surface area is 147 Å². The van der Waals surface area contributed by atoms with Crippen LogP contribution in [0, 0.1) is 0 Å². The Morgan fingerprint density at radius 1 is 1.24 bits per heavy atom. The highest BCUT2D eigenvalue weighted by Gasteiger charge is 2.32. The molecule has 1 aliphatic heterocycles. The SMILES string of the molecule is CN(C)c1ccc(C(=O)NC2CCN(Cc3ccccc3)C2=O)cn1. The van der Waals surface area contributed by atoms with Crippen molar-refractivity contribution in [1.29, 1.82) is 0 Å². The van der Waals surface area contributed by atoms with Crippen LogP contribution in [0.3, 0.4) is 0 Å². The van der Waals surface area contributed by atoms with Crippen molar-refractivity contribution in [3.8, 4) is 0 Å². The standard InChI is InChI=1S/C19H22N4O2/c1-22(2)17-9-8-15(12-20-17)18(24)21-16-10-11-23(19(16)25)13-14-6-4-3-5-7-14/h3-9,12,16H,10-11,13H2,1-2H3,(H,21,24). The lowest BCUT2D eigenvalue weighted by molar-refractivity contribution is -0.129. The number of hydrogen-bond acceptors (Lipinski definition) is 4. The van der Waals surface area contributed by atoms with Crippen LogP contribution in [0.4, 0.5) is 5.82 Å². The second kappa shape index (κ2) is 7.34. The van der Waals surface area contributed by atoms with E-state index in [1.807, 2.05) is 49.3 Å². The van der Waals surface area contributed by atoms with Gasteiger partial charge in [0.1, 0.15) is 11.9 Å². The number of pyridine rings is 1. The average molecular weight is 338 g/mol. The van der Waals surface area contributed by atoms with Crippen LogP contribution in [0.15, 0.2) is 48.7 Å². The third-order valence-corrected chi connectivity index (χ3v) is 4.29. The van der Waals surface area contributed by atoms with Crippen LogP contribution < -0.4 is 10.2 Å². The van der Waals surface area contributed by atoms with Crippen LogP contribution in [0.1, 0.15) is 22.3 Å². The van der Waals surface area contributed by atoms with E-state index in [1.54, 1.807) is 17.0 Å². The number of rotatable bonds is 5. The van der Waals surface area contributed by atoms with E-state index < -0.39 is 6.04 Å². The van der Waals surface area contributed by atoms with E-state index >= 15 is 0 Å². The zero-order valence-electron chi connectivity index (χ0n) is 14.5. The van der Waals surface area contributed by atoms with Gasteiger partial charge < -0.3 is 15.1 Å². The third kappa shape index (κ3) is 3.96. The summed E-state index contributed by atoms with van der Waals surface area (Å²) >= 11 is 0.